The van der Waals surface area contributed by atoms with E-state index in [1.165, 1.54) is 28.4 Å². The monoisotopic (exact) mass is 416 g/mol. The van der Waals surface area contributed by atoms with Crippen LogP contribution in [0.5, 0.6) is 5.19 Å². The largest absolute Gasteiger partial charge is 0.467 e. The van der Waals surface area contributed by atoms with Gasteiger partial charge in [0.1, 0.15) is 11.9 Å². The fraction of sp³-hybridized carbons (Fsp3) is 0.333. The zero-order valence-corrected chi connectivity index (χ0v) is 17.2. The molecule has 1 aliphatic heterocycles. The minimum absolute atomic E-state index is 0.0257. The Balaban J connectivity index is 1.33. The van der Waals surface area contributed by atoms with E-state index in [9.17, 15) is 9.18 Å². The molecule has 3 aromatic rings. The van der Waals surface area contributed by atoms with Gasteiger partial charge in [-0.3, -0.25) is 4.79 Å². The van der Waals surface area contributed by atoms with Gasteiger partial charge in [-0.05, 0) is 48.2 Å². The number of halogens is 1. The summed E-state index contributed by atoms with van der Waals surface area (Å²) in [5.41, 5.74) is 1.48. The van der Waals surface area contributed by atoms with Crippen LogP contribution in [0.1, 0.15) is 30.1 Å². The summed E-state index contributed by atoms with van der Waals surface area (Å²) >= 11 is 3.13. The molecule has 0 atom stereocenters. The number of carbonyl (C=O) groups excluding carboxylic acids is 1. The molecular weight excluding hydrogens is 395 g/mol. The molecule has 7 heteroatoms. The van der Waals surface area contributed by atoms with E-state index in [1.807, 2.05) is 29.2 Å². The van der Waals surface area contributed by atoms with Gasteiger partial charge in [-0.15, -0.1) is 11.8 Å². The number of thioether (sulfide) groups is 1. The molecule has 1 saturated heterocycles. The third kappa shape index (κ3) is 4.31. The second-order valence-corrected chi connectivity index (χ2v) is 8.99. The third-order valence-electron chi connectivity index (χ3n) is 4.74. The highest BCUT2D eigenvalue weighted by Crippen LogP contribution is 2.30. The Labute approximate surface area is 171 Å². The van der Waals surface area contributed by atoms with Crippen molar-refractivity contribution >= 4 is 39.2 Å². The van der Waals surface area contributed by atoms with Gasteiger partial charge in [0.15, 0.2) is 0 Å². The number of nitrogens with zero attached hydrogens (tertiary/aromatic N) is 2. The predicted octanol–water partition coefficient (Wildman–Crippen LogP) is 5.23. The molecule has 146 valence electrons. The number of piperidine rings is 1. The summed E-state index contributed by atoms with van der Waals surface area (Å²) in [6.07, 6.45) is 1.55. The summed E-state index contributed by atoms with van der Waals surface area (Å²) in [5, 5.41) is 0.564. The van der Waals surface area contributed by atoms with Crippen LogP contribution in [0, 0.1) is 5.82 Å². The summed E-state index contributed by atoms with van der Waals surface area (Å²) < 4.78 is 20.1. The Hall–Kier alpha value is -2.12. The van der Waals surface area contributed by atoms with Gasteiger partial charge >= 0.3 is 0 Å². The van der Waals surface area contributed by atoms with Crippen LogP contribution in [0.15, 0.2) is 47.4 Å². The van der Waals surface area contributed by atoms with E-state index in [2.05, 4.69) is 11.9 Å². The van der Waals surface area contributed by atoms with Gasteiger partial charge in [0.25, 0.3) is 11.1 Å². The Morgan fingerprint density at radius 3 is 2.71 bits per heavy atom. The molecule has 1 aliphatic rings. The summed E-state index contributed by atoms with van der Waals surface area (Å²) in [7, 11) is 0. The number of hydrogen-bond donors (Lipinski definition) is 0. The Kier molecular flexibility index (Phi) is 5.82. The summed E-state index contributed by atoms with van der Waals surface area (Å²) in [4.78, 5) is 20.2. The SMILES string of the molecule is CCSc1ccc(C(=O)N2CCC(Oc3nc4ccc(F)cc4s3)CC2)cc1. The zero-order valence-electron chi connectivity index (χ0n) is 15.6. The lowest BCUT2D eigenvalue weighted by Gasteiger charge is -2.31. The van der Waals surface area contributed by atoms with Crippen LogP contribution in [0.25, 0.3) is 10.2 Å². The van der Waals surface area contributed by atoms with Crippen molar-refractivity contribution in [1.29, 1.82) is 0 Å². The molecule has 0 spiro atoms. The molecule has 2 aromatic carbocycles. The second kappa shape index (κ2) is 8.49. The lowest BCUT2D eigenvalue weighted by atomic mass is 10.1. The normalized spacial score (nSPS) is 15.1. The molecular formula is C21H21FN2O2S2. The second-order valence-electron chi connectivity index (χ2n) is 6.66. The number of aromatic nitrogens is 1. The molecule has 4 rings (SSSR count). The molecule has 4 nitrogen and oxygen atoms in total. The molecule has 0 radical (unpaired) electrons. The smallest absolute Gasteiger partial charge is 0.274 e. The minimum Gasteiger partial charge on any atom is -0.467 e. The van der Waals surface area contributed by atoms with E-state index in [0.29, 0.717) is 18.3 Å². The maximum absolute atomic E-state index is 13.3. The number of likely N-dealkylation sites (tertiary alicyclic amines) is 1. The molecule has 1 amide bonds. The number of thiazole rings is 1. The lowest BCUT2D eigenvalue weighted by molar-refractivity contribution is 0.0595. The van der Waals surface area contributed by atoms with Crippen LogP contribution in [0.2, 0.25) is 0 Å². The van der Waals surface area contributed by atoms with Gasteiger partial charge < -0.3 is 9.64 Å². The van der Waals surface area contributed by atoms with E-state index in [4.69, 9.17) is 4.74 Å². The van der Waals surface area contributed by atoms with Crippen molar-refractivity contribution in [1.82, 2.24) is 9.88 Å². The lowest BCUT2D eigenvalue weighted by Crippen LogP contribution is -2.41. The van der Waals surface area contributed by atoms with Crippen molar-refractivity contribution in [3.8, 4) is 5.19 Å². The summed E-state index contributed by atoms with van der Waals surface area (Å²) in [6.45, 7) is 3.44. The highest BCUT2D eigenvalue weighted by molar-refractivity contribution is 7.99. The van der Waals surface area contributed by atoms with Crippen LogP contribution >= 0.6 is 23.1 Å². The van der Waals surface area contributed by atoms with E-state index in [0.717, 1.165) is 34.4 Å². The number of ether oxygens (including phenoxy) is 1. The van der Waals surface area contributed by atoms with Gasteiger partial charge in [0.2, 0.25) is 0 Å². The molecule has 2 heterocycles. The molecule has 0 saturated carbocycles. The van der Waals surface area contributed by atoms with Crippen molar-refractivity contribution in [2.75, 3.05) is 18.8 Å². The number of carbonyl (C=O) groups is 1. The average molecular weight is 417 g/mol. The van der Waals surface area contributed by atoms with Crippen molar-refractivity contribution in [2.24, 2.45) is 0 Å². The number of rotatable bonds is 5. The van der Waals surface area contributed by atoms with Crippen LogP contribution < -0.4 is 4.74 Å². The maximum atomic E-state index is 13.3. The predicted molar refractivity (Wildman–Crippen MR) is 112 cm³/mol. The number of fused-ring (bicyclic) bond motifs is 1. The Bertz CT molecular complexity index is 966. The molecule has 28 heavy (non-hydrogen) atoms. The highest BCUT2D eigenvalue weighted by atomic mass is 32.2. The van der Waals surface area contributed by atoms with Crippen LogP contribution in [-0.2, 0) is 0 Å². The first-order chi connectivity index (χ1) is 13.6. The molecule has 0 aliphatic carbocycles. The Morgan fingerprint density at radius 2 is 2.00 bits per heavy atom. The average Bonchev–Trinajstić information content (AvgIpc) is 3.10. The van der Waals surface area contributed by atoms with Gasteiger partial charge in [0, 0.05) is 36.4 Å². The van der Waals surface area contributed by atoms with Gasteiger partial charge in [-0.25, -0.2) is 9.37 Å². The first kappa shape index (κ1) is 19.2. The van der Waals surface area contributed by atoms with E-state index >= 15 is 0 Å². The quantitative estimate of drug-likeness (QED) is 0.534. The topological polar surface area (TPSA) is 42.4 Å². The van der Waals surface area contributed by atoms with Crippen molar-refractivity contribution in [3.63, 3.8) is 0 Å². The summed E-state index contributed by atoms with van der Waals surface area (Å²) in [5.74, 6) is 0.822. The number of benzene rings is 2. The highest BCUT2D eigenvalue weighted by Gasteiger charge is 2.25. The van der Waals surface area contributed by atoms with E-state index in [-0.39, 0.29) is 17.8 Å². The summed E-state index contributed by atoms with van der Waals surface area (Å²) in [6, 6.07) is 12.4. The van der Waals surface area contributed by atoms with Gasteiger partial charge in [0.05, 0.1) is 10.2 Å². The first-order valence-corrected chi connectivity index (χ1v) is 11.2. The fourth-order valence-electron chi connectivity index (χ4n) is 3.29. The van der Waals surface area contributed by atoms with E-state index < -0.39 is 0 Å². The van der Waals surface area contributed by atoms with E-state index in [1.54, 1.807) is 17.8 Å². The standard InChI is InChI=1S/C21H21FN2O2S2/c1-2-27-17-6-3-14(4-7-17)20(25)24-11-9-16(10-12-24)26-21-23-18-8-5-15(22)13-19(18)28-21/h3-8,13,16H,2,9-12H2,1H3. The van der Waals surface area contributed by atoms with Crippen LogP contribution in [-0.4, -0.2) is 40.7 Å². The fourth-order valence-corrected chi connectivity index (χ4v) is 4.86. The third-order valence-corrected chi connectivity index (χ3v) is 6.54. The maximum Gasteiger partial charge on any atom is 0.274 e. The van der Waals surface area contributed by atoms with Crippen molar-refractivity contribution in [3.05, 3.63) is 53.8 Å². The zero-order chi connectivity index (χ0) is 19.5. The molecule has 0 bridgehead atoms. The molecule has 1 fully saturated rings. The molecule has 0 N–H and O–H groups in total. The van der Waals surface area contributed by atoms with Crippen molar-refractivity contribution < 1.29 is 13.9 Å². The van der Waals surface area contributed by atoms with Crippen LogP contribution in [0.3, 0.4) is 0 Å². The Morgan fingerprint density at radius 1 is 1.25 bits per heavy atom. The first-order valence-electron chi connectivity index (χ1n) is 9.37. The number of hydrogen-bond acceptors (Lipinski definition) is 5. The molecule has 1 aromatic heterocycles. The number of amides is 1. The van der Waals surface area contributed by atoms with Gasteiger partial charge in [-0.1, -0.05) is 18.3 Å². The van der Waals surface area contributed by atoms with Crippen molar-refractivity contribution in [2.45, 2.75) is 30.8 Å². The van der Waals surface area contributed by atoms with Gasteiger partial charge in [-0.2, -0.15) is 0 Å². The molecule has 0 unspecified atom stereocenters. The minimum atomic E-state index is -0.268. The van der Waals surface area contributed by atoms with Crippen LogP contribution in [0.4, 0.5) is 4.39 Å².